The van der Waals surface area contributed by atoms with Gasteiger partial charge in [-0.15, -0.1) is 11.8 Å². The summed E-state index contributed by atoms with van der Waals surface area (Å²) in [7, 11) is 0. The van der Waals surface area contributed by atoms with Gasteiger partial charge in [0.15, 0.2) is 0 Å². The van der Waals surface area contributed by atoms with Crippen molar-refractivity contribution in [3.63, 3.8) is 0 Å². The quantitative estimate of drug-likeness (QED) is 0.386. The molecule has 0 fully saturated rings. The maximum atomic E-state index is 9.23. The van der Waals surface area contributed by atoms with Crippen LogP contribution in [-0.2, 0) is 0 Å². The molecule has 2 nitrogen and oxygen atoms in total. The van der Waals surface area contributed by atoms with Crippen LogP contribution in [0, 0.1) is 0 Å². The highest BCUT2D eigenvalue weighted by Gasteiger charge is 2.10. The summed E-state index contributed by atoms with van der Waals surface area (Å²) in [5.41, 5.74) is 2.47. The number of oxime groups is 1. The van der Waals surface area contributed by atoms with Gasteiger partial charge in [0.2, 0.25) is 0 Å². The summed E-state index contributed by atoms with van der Waals surface area (Å²) < 4.78 is 0. The Kier molecular flexibility index (Phi) is 3.83. The first-order valence-electron chi connectivity index (χ1n) is 5.27. The van der Waals surface area contributed by atoms with Crippen molar-refractivity contribution in [1.82, 2.24) is 0 Å². The molecule has 0 saturated heterocycles. The number of hydrogen-bond donors (Lipinski definition) is 1. The molecule has 86 valence electrons. The number of hydrogen-bond acceptors (Lipinski definition) is 3. The Labute approximate surface area is 105 Å². The van der Waals surface area contributed by atoms with Crippen molar-refractivity contribution in [3.8, 4) is 0 Å². The third kappa shape index (κ3) is 2.50. The Balaban J connectivity index is 2.51. The highest BCUT2D eigenvalue weighted by atomic mass is 32.2. The van der Waals surface area contributed by atoms with Crippen molar-refractivity contribution in [2.24, 2.45) is 5.16 Å². The first kappa shape index (κ1) is 11.7. The van der Waals surface area contributed by atoms with Gasteiger partial charge in [-0.3, -0.25) is 0 Å². The molecule has 0 heterocycles. The summed E-state index contributed by atoms with van der Waals surface area (Å²) in [6.07, 6.45) is 2.01. The zero-order valence-electron chi connectivity index (χ0n) is 9.50. The Bertz CT molecular complexity index is 523. The number of nitrogens with zero attached hydrogens (tertiary/aromatic N) is 1. The fourth-order valence-corrected chi connectivity index (χ4v) is 2.30. The molecule has 0 radical (unpaired) electrons. The van der Waals surface area contributed by atoms with Crippen molar-refractivity contribution in [1.29, 1.82) is 0 Å². The lowest BCUT2D eigenvalue weighted by Gasteiger charge is -2.08. The zero-order chi connectivity index (χ0) is 12.1. The molecule has 0 aliphatic rings. The molecule has 0 spiro atoms. The van der Waals surface area contributed by atoms with E-state index in [4.69, 9.17) is 0 Å². The molecule has 17 heavy (non-hydrogen) atoms. The van der Waals surface area contributed by atoms with Gasteiger partial charge >= 0.3 is 0 Å². The number of thioether (sulfide) groups is 1. The molecule has 3 heteroatoms. The molecule has 0 bridgehead atoms. The topological polar surface area (TPSA) is 32.6 Å². The molecule has 0 unspecified atom stereocenters. The molecule has 2 rings (SSSR count). The third-order valence-corrected chi connectivity index (χ3v) is 3.31. The second kappa shape index (κ2) is 5.55. The first-order chi connectivity index (χ1) is 8.36. The minimum atomic E-state index is 0.607. The van der Waals surface area contributed by atoms with Crippen LogP contribution in [0.5, 0.6) is 0 Å². The Morgan fingerprint density at radius 3 is 2.29 bits per heavy atom. The van der Waals surface area contributed by atoms with E-state index in [0.29, 0.717) is 5.71 Å². The normalized spacial score (nSPS) is 11.5. The largest absolute Gasteiger partial charge is 0.410 e. The molecular weight excluding hydrogens is 230 g/mol. The molecule has 0 aliphatic heterocycles. The van der Waals surface area contributed by atoms with E-state index in [1.807, 2.05) is 60.9 Å². The van der Waals surface area contributed by atoms with Gasteiger partial charge in [0.25, 0.3) is 0 Å². The fourth-order valence-electron chi connectivity index (χ4n) is 1.70. The van der Waals surface area contributed by atoms with Crippen LogP contribution >= 0.6 is 11.8 Å². The van der Waals surface area contributed by atoms with Gasteiger partial charge in [-0.2, -0.15) is 0 Å². The van der Waals surface area contributed by atoms with Gasteiger partial charge in [0.1, 0.15) is 5.71 Å². The van der Waals surface area contributed by atoms with Crippen LogP contribution in [-0.4, -0.2) is 17.2 Å². The van der Waals surface area contributed by atoms with E-state index in [9.17, 15) is 5.21 Å². The van der Waals surface area contributed by atoms with Crippen LogP contribution < -0.4 is 0 Å². The summed E-state index contributed by atoms with van der Waals surface area (Å²) in [6.45, 7) is 0. The fraction of sp³-hybridized carbons (Fsp3) is 0.0714. The van der Waals surface area contributed by atoms with Crippen molar-refractivity contribution >= 4 is 17.5 Å². The molecule has 2 aromatic rings. The van der Waals surface area contributed by atoms with E-state index in [1.54, 1.807) is 11.8 Å². The van der Waals surface area contributed by atoms with E-state index < -0.39 is 0 Å². The summed E-state index contributed by atoms with van der Waals surface area (Å²) in [6, 6.07) is 17.6. The molecule has 0 aliphatic carbocycles. The lowest BCUT2D eigenvalue weighted by Crippen LogP contribution is -2.04. The predicted octanol–water partition coefficient (Wildman–Crippen LogP) is 3.64. The summed E-state index contributed by atoms with van der Waals surface area (Å²) in [5.74, 6) is 0. The molecule has 0 atom stereocenters. The van der Waals surface area contributed by atoms with Gasteiger partial charge < -0.3 is 5.21 Å². The summed E-state index contributed by atoms with van der Waals surface area (Å²) in [4.78, 5) is 1.10. The van der Waals surface area contributed by atoms with Gasteiger partial charge in [-0.25, -0.2) is 0 Å². The summed E-state index contributed by atoms with van der Waals surface area (Å²) >= 11 is 1.64. The van der Waals surface area contributed by atoms with Gasteiger partial charge in [-0.1, -0.05) is 53.7 Å². The van der Waals surface area contributed by atoms with Crippen molar-refractivity contribution in [2.45, 2.75) is 4.90 Å². The van der Waals surface area contributed by atoms with E-state index in [1.165, 1.54) is 0 Å². The van der Waals surface area contributed by atoms with Gasteiger partial charge in [0, 0.05) is 16.0 Å². The van der Waals surface area contributed by atoms with Crippen LogP contribution in [0.2, 0.25) is 0 Å². The Hall–Kier alpha value is -1.74. The molecule has 1 N–H and O–H groups in total. The first-order valence-corrected chi connectivity index (χ1v) is 6.50. The van der Waals surface area contributed by atoms with Gasteiger partial charge in [0.05, 0.1) is 0 Å². The number of rotatable bonds is 3. The molecule has 0 amide bonds. The SMILES string of the molecule is CSc1ccccc1/C(=N\O)c1ccccc1. The maximum absolute atomic E-state index is 9.23. The van der Waals surface area contributed by atoms with Crippen LogP contribution in [0.3, 0.4) is 0 Å². The summed E-state index contributed by atoms with van der Waals surface area (Å²) in [5, 5.41) is 12.7. The second-order valence-electron chi connectivity index (χ2n) is 3.51. The highest BCUT2D eigenvalue weighted by molar-refractivity contribution is 7.98. The van der Waals surface area contributed by atoms with Crippen molar-refractivity contribution < 1.29 is 5.21 Å². The maximum Gasteiger partial charge on any atom is 0.118 e. The van der Waals surface area contributed by atoms with Gasteiger partial charge in [-0.05, 0) is 12.3 Å². The minimum Gasteiger partial charge on any atom is -0.410 e. The Morgan fingerprint density at radius 1 is 1.00 bits per heavy atom. The average Bonchev–Trinajstić information content (AvgIpc) is 2.41. The second-order valence-corrected chi connectivity index (χ2v) is 4.36. The van der Waals surface area contributed by atoms with E-state index in [0.717, 1.165) is 16.0 Å². The average molecular weight is 243 g/mol. The van der Waals surface area contributed by atoms with Crippen LogP contribution in [0.15, 0.2) is 64.6 Å². The van der Waals surface area contributed by atoms with Crippen LogP contribution in [0.25, 0.3) is 0 Å². The lowest BCUT2D eigenvalue weighted by molar-refractivity contribution is 0.319. The monoisotopic (exact) mass is 243 g/mol. The minimum absolute atomic E-state index is 0.607. The molecule has 0 aromatic heterocycles. The molecule has 2 aromatic carbocycles. The van der Waals surface area contributed by atoms with E-state index in [-0.39, 0.29) is 0 Å². The Morgan fingerprint density at radius 2 is 1.65 bits per heavy atom. The molecular formula is C14H13NOS. The highest BCUT2D eigenvalue weighted by Crippen LogP contribution is 2.23. The lowest BCUT2D eigenvalue weighted by atomic mass is 10.0. The van der Waals surface area contributed by atoms with Crippen molar-refractivity contribution in [3.05, 3.63) is 65.7 Å². The van der Waals surface area contributed by atoms with E-state index >= 15 is 0 Å². The van der Waals surface area contributed by atoms with Crippen molar-refractivity contribution in [2.75, 3.05) is 6.26 Å². The third-order valence-electron chi connectivity index (χ3n) is 2.51. The van der Waals surface area contributed by atoms with E-state index in [2.05, 4.69) is 5.16 Å². The smallest absolute Gasteiger partial charge is 0.118 e. The predicted molar refractivity (Wildman–Crippen MR) is 72.1 cm³/mol. The number of benzene rings is 2. The van der Waals surface area contributed by atoms with Crippen LogP contribution in [0.1, 0.15) is 11.1 Å². The zero-order valence-corrected chi connectivity index (χ0v) is 10.3. The molecule has 0 saturated carbocycles. The standard InChI is InChI=1S/C14H13NOS/c1-17-13-10-6-5-9-12(13)14(15-16)11-7-3-2-4-8-11/h2-10,16H,1H3/b15-14-. The van der Waals surface area contributed by atoms with Crippen LogP contribution in [0.4, 0.5) is 0 Å².